The molecule has 0 bridgehead atoms. The summed E-state index contributed by atoms with van der Waals surface area (Å²) in [7, 11) is -4.27. The van der Waals surface area contributed by atoms with E-state index in [0.717, 1.165) is 6.07 Å². The van der Waals surface area contributed by atoms with Gasteiger partial charge < -0.3 is 5.11 Å². The van der Waals surface area contributed by atoms with E-state index in [0.29, 0.717) is 18.4 Å². The lowest BCUT2D eigenvalue weighted by atomic mass is 10.1. The van der Waals surface area contributed by atoms with E-state index in [-0.39, 0.29) is 11.1 Å². The highest BCUT2D eigenvalue weighted by molar-refractivity contribution is 7.92. The molecule has 2 unspecified atom stereocenters. The van der Waals surface area contributed by atoms with Crippen LogP contribution in [-0.2, 0) is 22.4 Å². The summed E-state index contributed by atoms with van der Waals surface area (Å²) in [4.78, 5) is 0. The molecular weight excluding hydrogens is 288 g/mol. The Balaban J connectivity index is 2.53. The minimum atomic E-state index is -4.60. The number of aliphatic hydroxyl groups is 1. The van der Waals surface area contributed by atoms with E-state index in [1.54, 1.807) is 0 Å². The minimum absolute atomic E-state index is 0.124. The summed E-state index contributed by atoms with van der Waals surface area (Å²) >= 11 is 0. The van der Waals surface area contributed by atoms with Crippen LogP contribution in [0, 0.1) is 0 Å². The van der Waals surface area contributed by atoms with Crippen LogP contribution in [0.25, 0.3) is 0 Å². The highest BCUT2D eigenvalue weighted by atomic mass is 32.2. The third-order valence-electron chi connectivity index (χ3n) is 3.22. The van der Waals surface area contributed by atoms with Gasteiger partial charge in [-0.25, -0.2) is 12.8 Å². The number of sulfone groups is 1. The summed E-state index contributed by atoms with van der Waals surface area (Å²) in [5.74, 6) is 0. The molecule has 0 fully saturated rings. The Morgan fingerprint density at radius 2 is 1.95 bits per heavy atom. The molecule has 1 aliphatic carbocycles. The van der Waals surface area contributed by atoms with E-state index in [9.17, 15) is 31.1 Å². The second-order valence-corrected chi connectivity index (χ2v) is 6.77. The Morgan fingerprint density at radius 1 is 1.37 bits per heavy atom. The van der Waals surface area contributed by atoms with Crippen molar-refractivity contribution in [1.82, 2.24) is 0 Å². The zero-order valence-corrected chi connectivity index (χ0v) is 10.5. The van der Waals surface area contributed by atoms with Crippen LogP contribution in [0.15, 0.2) is 18.2 Å². The Kier molecular flexibility index (Phi) is 2.94. The zero-order chi connectivity index (χ0) is 14.6. The molecule has 0 amide bonds. The molecule has 2 atom stereocenters. The first-order valence-electron chi connectivity index (χ1n) is 5.23. The molecule has 2 rings (SSSR count). The lowest BCUT2D eigenvalue weighted by Gasteiger charge is -2.21. The number of rotatable bonds is 1. The van der Waals surface area contributed by atoms with E-state index in [1.807, 2.05) is 0 Å². The predicted octanol–water partition coefficient (Wildman–Crippen LogP) is 2.01. The quantitative estimate of drug-likeness (QED) is 0.807. The molecule has 0 saturated carbocycles. The summed E-state index contributed by atoms with van der Waals surface area (Å²) in [6, 6.07) is 2.27. The topological polar surface area (TPSA) is 54.4 Å². The van der Waals surface area contributed by atoms with E-state index < -0.39 is 39.1 Å². The normalized spacial score (nSPS) is 27.4. The monoisotopic (exact) mass is 298 g/mol. The van der Waals surface area contributed by atoms with Crippen LogP contribution in [0.2, 0.25) is 0 Å². The van der Waals surface area contributed by atoms with Crippen LogP contribution < -0.4 is 0 Å². The first-order chi connectivity index (χ1) is 8.47. The lowest BCUT2D eigenvalue weighted by molar-refractivity contribution is -0.137. The van der Waals surface area contributed by atoms with Crippen molar-refractivity contribution in [3.8, 4) is 0 Å². The first-order valence-corrected chi connectivity index (χ1v) is 7.12. The Bertz CT molecular complexity index is 623. The highest BCUT2D eigenvalue weighted by Crippen LogP contribution is 2.46. The van der Waals surface area contributed by atoms with Crippen molar-refractivity contribution in [1.29, 1.82) is 0 Å². The fourth-order valence-electron chi connectivity index (χ4n) is 2.12. The summed E-state index contributed by atoms with van der Waals surface area (Å²) in [5, 5.41) is 6.72. The number of alkyl halides is 4. The fraction of sp³-hybridized carbons (Fsp3) is 0.455. The van der Waals surface area contributed by atoms with Crippen molar-refractivity contribution in [2.45, 2.75) is 23.7 Å². The SMILES string of the molecule is CS(=O)(=O)C1(F)Cc2cc(C(F)(F)F)ccc2C1O. The average molecular weight is 298 g/mol. The highest BCUT2D eigenvalue weighted by Gasteiger charge is 2.54. The first kappa shape index (κ1) is 14.3. The molecule has 3 nitrogen and oxygen atoms in total. The molecule has 0 aliphatic heterocycles. The van der Waals surface area contributed by atoms with Crippen molar-refractivity contribution in [2.24, 2.45) is 0 Å². The van der Waals surface area contributed by atoms with Gasteiger partial charge in [-0.15, -0.1) is 0 Å². The fourth-order valence-corrected chi connectivity index (χ4v) is 3.07. The average Bonchev–Trinajstić information content (AvgIpc) is 2.50. The summed E-state index contributed by atoms with van der Waals surface area (Å²) in [5.41, 5.74) is -1.27. The Labute approximate surface area is 106 Å². The van der Waals surface area contributed by atoms with Gasteiger partial charge in [-0.3, -0.25) is 0 Å². The van der Waals surface area contributed by atoms with E-state index in [2.05, 4.69) is 0 Å². The van der Waals surface area contributed by atoms with Gasteiger partial charge in [0.05, 0.1) is 5.56 Å². The lowest BCUT2D eigenvalue weighted by Crippen LogP contribution is -2.37. The molecule has 0 radical (unpaired) electrons. The van der Waals surface area contributed by atoms with Crippen molar-refractivity contribution in [3.05, 3.63) is 34.9 Å². The predicted molar refractivity (Wildman–Crippen MR) is 58.8 cm³/mol. The summed E-state index contributed by atoms with van der Waals surface area (Å²) in [6.07, 6.45) is -6.76. The van der Waals surface area contributed by atoms with Gasteiger partial charge in [0, 0.05) is 12.7 Å². The van der Waals surface area contributed by atoms with Gasteiger partial charge in [-0.05, 0) is 23.3 Å². The van der Waals surface area contributed by atoms with Gasteiger partial charge in [0.25, 0.3) is 0 Å². The smallest absolute Gasteiger partial charge is 0.384 e. The van der Waals surface area contributed by atoms with Gasteiger partial charge in [0.2, 0.25) is 5.00 Å². The van der Waals surface area contributed by atoms with Gasteiger partial charge in [-0.2, -0.15) is 13.2 Å². The number of benzene rings is 1. The molecule has 1 aromatic rings. The molecule has 0 spiro atoms. The van der Waals surface area contributed by atoms with Crippen LogP contribution in [0.1, 0.15) is 22.8 Å². The molecule has 106 valence electrons. The second kappa shape index (κ2) is 3.92. The number of halogens is 4. The van der Waals surface area contributed by atoms with Crippen LogP contribution >= 0.6 is 0 Å². The molecule has 0 aromatic heterocycles. The van der Waals surface area contributed by atoms with Crippen molar-refractivity contribution in [3.63, 3.8) is 0 Å². The van der Waals surface area contributed by atoms with E-state index in [1.165, 1.54) is 0 Å². The second-order valence-electron chi connectivity index (χ2n) is 4.55. The molecule has 0 saturated heterocycles. The molecule has 8 heteroatoms. The molecule has 1 aromatic carbocycles. The largest absolute Gasteiger partial charge is 0.416 e. The molecule has 1 N–H and O–H groups in total. The van der Waals surface area contributed by atoms with Crippen LogP contribution in [0.4, 0.5) is 17.6 Å². The third-order valence-corrected chi connectivity index (χ3v) is 4.82. The van der Waals surface area contributed by atoms with E-state index in [4.69, 9.17) is 0 Å². The van der Waals surface area contributed by atoms with E-state index >= 15 is 0 Å². The van der Waals surface area contributed by atoms with Crippen molar-refractivity contribution < 1.29 is 31.1 Å². The maximum absolute atomic E-state index is 14.3. The Hall–Kier alpha value is -1.15. The Morgan fingerprint density at radius 3 is 2.42 bits per heavy atom. The van der Waals surface area contributed by atoms with Gasteiger partial charge in [0.1, 0.15) is 6.10 Å². The standard InChI is InChI=1S/C11H10F4O3S/c1-19(17,18)10(12)5-6-4-7(11(13,14)15)2-3-8(6)9(10)16/h2-4,9,16H,5H2,1H3. The molecular formula is C11H10F4O3S. The number of hydrogen-bond acceptors (Lipinski definition) is 3. The van der Waals surface area contributed by atoms with Crippen LogP contribution in [0.5, 0.6) is 0 Å². The van der Waals surface area contributed by atoms with Crippen LogP contribution in [0.3, 0.4) is 0 Å². The maximum atomic E-state index is 14.3. The minimum Gasteiger partial charge on any atom is -0.384 e. The number of aliphatic hydroxyl groups excluding tert-OH is 1. The summed E-state index contributed by atoms with van der Waals surface area (Å²) in [6.45, 7) is 0. The number of fused-ring (bicyclic) bond motifs is 1. The maximum Gasteiger partial charge on any atom is 0.416 e. The number of hydrogen-bond donors (Lipinski definition) is 1. The molecule has 0 heterocycles. The zero-order valence-electron chi connectivity index (χ0n) is 9.70. The third kappa shape index (κ3) is 2.12. The summed E-state index contributed by atoms with van der Waals surface area (Å²) < 4.78 is 74.5. The molecule has 19 heavy (non-hydrogen) atoms. The van der Waals surface area contributed by atoms with Gasteiger partial charge in [0.15, 0.2) is 9.84 Å². The van der Waals surface area contributed by atoms with Crippen LogP contribution in [-0.4, -0.2) is 24.8 Å². The van der Waals surface area contributed by atoms with Gasteiger partial charge >= 0.3 is 6.18 Å². The van der Waals surface area contributed by atoms with Gasteiger partial charge in [-0.1, -0.05) is 6.07 Å². The molecule has 1 aliphatic rings. The van der Waals surface area contributed by atoms with Crippen molar-refractivity contribution >= 4 is 9.84 Å². The van der Waals surface area contributed by atoms with Crippen molar-refractivity contribution in [2.75, 3.05) is 6.26 Å².